The fourth-order valence-corrected chi connectivity index (χ4v) is 2.02. The zero-order valence-electron chi connectivity index (χ0n) is 10.5. The van der Waals surface area contributed by atoms with Crippen molar-refractivity contribution >= 4 is 27.6 Å². The van der Waals surface area contributed by atoms with Gasteiger partial charge in [0.15, 0.2) is 0 Å². The van der Waals surface area contributed by atoms with E-state index in [1.165, 1.54) is 18.2 Å². The van der Waals surface area contributed by atoms with Crippen molar-refractivity contribution in [2.75, 3.05) is 0 Å². The third-order valence-corrected chi connectivity index (χ3v) is 3.25. The highest BCUT2D eigenvalue weighted by atomic mass is 79.9. The number of ether oxygens (including phenoxy) is 1. The van der Waals surface area contributed by atoms with Gasteiger partial charge in [0.05, 0.1) is 15.0 Å². The summed E-state index contributed by atoms with van der Waals surface area (Å²) in [6, 6.07) is 11.1. The Morgan fingerprint density at radius 3 is 2.65 bits per heavy atom. The van der Waals surface area contributed by atoms with E-state index in [1.807, 2.05) is 13.0 Å². The minimum atomic E-state index is -0.633. The molecule has 0 aromatic heterocycles. The van der Waals surface area contributed by atoms with Crippen LogP contribution in [0.5, 0.6) is 5.75 Å². The van der Waals surface area contributed by atoms with Gasteiger partial charge >= 0.3 is 5.97 Å². The summed E-state index contributed by atoms with van der Waals surface area (Å²) in [6.45, 7) is 1.88. The molecule has 0 radical (unpaired) electrons. The van der Waals surface area contributed by atoms with Crippen molar-refractivity contribution in [3.05, 3.63) is 68.2 Å². The average molecular weight is 336 g/mol. The zero-order chi connectivity index (χ0) is 14.7. The number of hydrogen-bond acceptors (Lipinski definition) is 4. The van der Waals surface area contributed by atoms with E-state index in [1.54, 1.807) is 18.2 Å². The van der Waals surface area contributed by atoms with Crippen LogP contribution in [0, 0.1) is 17.0 Å². The lowest BCUT2D eigenvalue weighted by Crippen LogP contribution is -2.09. The van der Waals surface area contributed by atoms with Crippen molar-refractivity contribution in [3.8, 4) is 5.75 Å². The van der Waals surface area contributed by atoms with Crippen LogP contribution in [0.1, 0.15) is 15.9 Å². The summed E-state index contributed by atoms with van der Waals surface area (Å²) in [6.07, 6.45) is 0. The van der Waals surface area contributed by atoms with Crippen molar-refractivity contribution < 1.29 is 14.5 Å². The Hall–Kier alpha value is -2.21. The summed E-state index contributed by atoms with van der Waals surface area (Å²) in [5.74, 6) is -0.230. The summed E-state index contributed by atoms with van der Waals surface area (Å²) in [5.41, 5.74) is 0.905. The molecule has 0 atom stereocenters. The predicted molar refractivity (Wildman–Crippen MR) is 76.9 cm³/mol. The Kier molecular flexibility index (Phi) is 4.14. The molecule has 0 amide bonds. The zero-order valence-corrected chi connectivity index (χ0v) is 12.1. The quantitative estimate of drug-likeness (QED) is 0.369. The number of halogens is 1. The third-order valence-electron chi connectivity index (χ3n) is 2.58. The minimum absolute atomic E-state index is 0.126. The number of carbonyl (C=O) groups excluding carboxylic acids is 1. The third kappa shape index (κ3) is 3.21. The van der Waals surface area contributed by atoms with E-state index in [9.17, 15) is 14.9 Å². The molecule has 0 aliphatic heterocycles. The highest BCUT2D eigenvalue weighted by Gasteiger charge is 2.17. The van der Waals surface area contributed by atoms with Crippen LogP contribution in [0.15, 0.2) is 46.9 Å². The second-order valence-corrected chi connectivity index (χ2v) is 4.98. The Labute approximate surface area is 123 Å². The van der Waals surface area contributed by atoms with E-state index in [4.69, 9.17) is 4.74 Å². The predicted octanol–water partition coefficient (Wildman–Crippen LogP) is 3.88. The van der Waals surface area contributed by atoms with Gasteiger partial charge in [-0.1, -0.05) is 12.1 Å². The van der Waals surface area contributed by atoms with E-state index in [2.05, 4.69) is 15.9 Å². The fraction of sp³-hybridized carbons (Fsp3) is 0.0714. The first-order chi connectivity index (χ1) is 9.47. The number of benzene rings is 2. The molecule has 0 saturated heterocycles. The normalized spacial score (nSPS) is 10.1. The molecule has 20 heavy (non-hydrogen) atoms. The monoisotopic (exact) mass is 335 g/mol. The first kappa shape index (κ1) is 14.2. The van der Waals surface area contributed by atoms with Crippen molar-refractivity contribution in [1.29, 1.82) is 0 Å². The fourth-order valence-electron chi connectivity index (χ4n) is 1.62. The number of rotatable bonds is 3. The molecule has 6 heteroatoms. The van der Waals surface area contributed by atoms with Crippen LogP contribution in [-0.4, -0.2) is 10.9 Å². The lowest BCUT2D eigenvalue weighted by atomic mass is 10.2. The lowest BCUT2D eigenvalue weighted by Gasteiger charge is -2.05. The van der Waals surface area contributed by atoms with Gasteiger partial charge in [-0.05, 0) is 52.7 Å². The minimum Gasteiger partial charge on any atom is -0.423 e. The van der Waals surface area contributed by atoms with Crippen molar-refractivity contribution in [1.82, 2.24) is 0 Å². The molecule has 0 heterocycles. The van der Waals surface area contributed by atoms with E-state index in [0.717, 1.165) is 5.56 Å². The molecule has 0 fully saturated rings. The summed E-state index contributed by atoms with van der Waals surface area (Å²) >= 11 is 3.06. The number of nitro benzene ring substituents is 1. The van der Waals surface area contributed by atoms with Crippen LogP contribution in [0.4, 0.5) is 5.69 Å². The average Bonchev–Trinajstić information content (AvgIpc) is 2.38. The number of esters is 1. The number of nitro groups is 1. The molecule has 0 aliphatic rings. The molecule has 0 aliphatic carbocycles. The molecule has 0 spiro atoms. The van der Waals surface area contributed by atoms with Gasteiger partial charge in [-0.15, -0.1) is 0 Å². The van der Waals surface area contributed by atoms with Crippen LogP contribution in [0.2, 0.25) is 0 Å². The Morgan fingerprint density at radius 1 is 1.25 bits per heavy atom. The van der Waals surface area contributed by atoms with Gasteiger partial charge in [-0.3, -0.25) is 10.1 Å². The van der Waals surface area contributed by atoms with E-state index in [-0.39, 0.29) is 11.3 Å². The number of aryl methyl sites for hydroxylation is 1. The summed E-state index contributed by atoms with van der Waals surface area (Å²) in [5, 5.41) is 10.8. The maximum atomic E-state index is 12.0. The van der Waals surface area contributed by atoms with Gasteiger partial charge < -0.3 is 4.74 Å². The van der Waals surface area contributed by atoms with Gasteiger partial charge in [0.1, 0.15) is 5.75 Å². The van der Waals surface area contributed by atoms with Crippen molar-refractivity contribution in [2.24, 2.45) is 0 Å². The molecule has 2 aromatic carbocycles. The van der Waals surface area contributed by atoms with Gasteiger partial charge in [0.25, 0.3) is 5.69 Å². The number of nitrogens with zero attached hydrogens (tertiary/aromatic N) is 1. The molecule has 102 valence electrons. The van der Waals surface area contributed by atoms with Crippen LogP contribution in [0.3, 0.4) is 0 Å². The standard InChI is InChI=1S/C14H10BrNO4/c1-9-3-2-4-11(7-9)20-14(17)10-5-6-12(15)13(8-10)16(18)19/h2-8H,1H3. The maximum Gasteiger partial charge on any atom is 0.343 e. The van der Waals surface area contributed by atoms with Crippen LogP contribution in [0.25, 0.3) is 0 Å². The molecule has 0 saturated carbocycles. The first-order valence-corrected chi connectivity index (χ1v) is 6.49. The van der Waals surface area contributed by atoms with Crippen molar-refractivity contribution in [3.63, 3.8) is 0 Å². The topological polar surface area (TPSA) is 69.4 Å². The van der Waals surface area contributed by atoms with E-state index < -0.39 is 10.9 Å². The SMILES string of the molecule is Cc1cccc(OC(=O)c2ccc(Br)c([N+](=O)[O-])c2)c1. The molecule has 0 unspecified atom stereocenters. The highest BCUT2D eigenvalue weighted by molar-refractivity contribution is 9.10. The highest BCUT2D eigenvalue weighted by Crippen LogP contribution is 2.26. The first-order valence-electron chi connectivity index (χ1n) is 5.70. The van der Waals surface area contributed by atoms with Gasteiger partial charge in [0.2, 0.25) is 0 Å². The van der Waals surface area contributed by atoms with Gasteiger partial charge in [-0.2, -0.15) is 0 Å². The van der Waals surface area contributed by atoms with Crippen LogP contribution < -0.4 is 4.74 Å². The lowest BCUT2D eigenvalue weighted by molar-refractivity contribution is -0.385. The largest absolute Gasteiger partial charge is 0.423 e. The Balaban J connectivity index is 2.26. The van der Waals surface area contributed by atoms with Crippen LogP contribution >= 0.6 is 15.9 Å². The van der Waals surface area contributed by atoms with Crippen molar-refractivity contribution in [2.45, 2.75) is 6.92 Å². The molecular weight excluding hydrogens is 326 g/mol. The van der Waals surface area contributed by atoms with Gasteiger partial charge in [-0.25, -0.2) is 4.79 Å². The second kappa shape index (κ2) is 5.83. The summed E-state index contributed by atoms with van der Waals surface area (Å²) < 4.78 is 5.49. The Bertz CT molecular complexity index is 685. The number of carbonyl (C=O) groups is 1. The summed E-state index contributed by atoms with van der Waals surface area (Å²) in [4.78, 5) is 22.2. The molecule has 0 bridgehead atoms. The smallest absolute Gasteiger partial charge is 0.343 e. The van der Waals surface area contributed by atoms with Crippen LogP contribution in [-0.2, 0) is 0 Å². The molecule has 2 aromatic rings. The van der Waals surface area contributed by atoms with E-state index in [0.29, 0.717) is 10.2 Å². The number of hydrogen-bond donors (Lipinski definition) is 0. The Morgan fingerprint density at radius 2 is 2.00 bits per heavy atom. The van der Waals surface area contributed by atoms with E-state index >= 15 is 0 Å². The molecule has 0 N–H and O–H groups in total. The molecule has 5 nitrogen and oxygen atoms in total. The second-order valence-electron chi connectivity index (χ2n) is 4.13. The maximum absolute atomic E-state index is 12.0. The summed E-state index contributed by atoms with van der Waals surface area (Å²) in [7, 11) is 0. The van der Waals surface area contributed by atoms with Gasteiger partial charge in [0, 0.05) is 6.07 Å². The molecule has 2 rings (SSSR count). The molecular formula is C14H10BrNO4.